The first-order valence-corrected chi connectivity index (χ1v) is 4.30. The van der Waals surface area contributed by atoms with Gasteiger partial charge in [0.1, 0.15) is 0 Å². The maximum Gasteiger partial charge on any atom is 0.304 e. The van der Waals surface area contributed by atoms with Crippen molar-refractivity contribution in [2.75, 3.05) is 5.32 Å². The standard InChI is InChI=1S/C10H9NO3/c12-9(13)5-7-6-3-1-2-4-8(6)11-10(7)14/h1-4,7H,5H2,(H,11,14)(H,12,13)/t7-/m1/s1. The molecule has 14 heavy (non-hydrogen) atoms. The van der Waals surface area contributed by atoms with E-state index < -0.39 is 11.9 Å². The second-order valence-corrected chi connectivity index (χ2v) is 3.23. The van der Waals surface area contributed by atoms with Crippen molar-refractivity contribution in [2.45, 2.75) is 12.3 Å². The molecule has 1 heterocycles. The van der Waals surface area contributed by atoms with Crippen molar-refractivity contribution < 1.29 is 14.7 Å². The third-order valence-electron chi connectivity index (χ3n) is 2.29. The van der Waals surface area contributed by atoms with Gasteiger partial charge in [0, 0.05) is 5.69 Å². The van der Waals surface area contributed by atoms with Crippen LogP contribution < -0.4 is 5.32 Å². The van der Waals surface area contributed by atoms with Gasteiger partial charge in [0.05, 0.1) is 12.3 Å². The van der Waals surface area contributed by atoms with Crippen LogP contribution in [0.4, 0.5) is 5.69 Å². The molecule has 0 radical (unpaired) electrons. The monoisotopic (exact) mass is 191 g/mol. The molecule has 1 amide bonds. The van der Waals surface area contributed by atoms with Crippen LogP contribution in [0.25, 0.3) is 0 Å². The number of benzene rings is 1. The fourth-order valence-electron chi connectivity index (χ4n) is 1.65. The Morgan fingerprint density at radius 2 is 2.14 bits per heavy atom. The van der Waals surface area contributed by atoms with Crippen LogP contribution >= 0.6 is 0 Å². The third kappa shape index (κ3) is 1.35. The number of carboxylic acid groups (broad SMARTS) is 1. The van der Waals surface area contributed by atoms with Crippen LogP contribution in [0.15, 0.2) is 24.3 Å². The molecule has 1 aliphatic rings. The van der Waals surface area contributed by atoms with Gasteiger partial charge in [-0.3, -0.25) is 9.59 Å². The number of aliphatic carboxylic acids is 1. The number of carboxylic acids is 1. The van der Waals surface area contributed by atoms with E-state index in [2.05, 4.69) is 5.32 Å². The van der Waals surface area contributed by atoms with Crippen molar-refractivity contribution in [1.82, 2.24) is 0 Å². The quantitative estimate of drug-likeness (QED) is 0.738. The molecular weight excluding hydrogens is 182 g/mol. The Hall–Kier alpha value is -1.84. The van der Waals surface area contributed by atoms with Crippen molar-refractivity contribution in [1.29, 1.82) is 0 Å². The van der Waals surface area contributed by atoms with Gasteiger partial charge in [-0.2, -0.15) is 0 Å². The van der Waals surface area contributed by atoms with Gasteiger partial charge in [0.2, 0.25) is 5.91 Å². The molecule has 72 valence electrons. The number of carbonyl (C=O) groups excluding carboxylic acids is 1. The molecule has 1 atom stereocenters. The first kappa shape index (κ1) is 8.74. The molecule has 1 aromatic rings. The van der Waals surface area contributed by atoms with Crippen LogP contribution in [0, 0.1) is 0 Å². The average molecular weight is 191 g/mol. The number of carbonyl (C=O) groups is 2. The maximum atomic E-state index is 11.4. The summed E-state index contributed by atoms with van der Waals surface area (Å²) in [4.78, 5) is 21.9. The molecule has 2 rings (SSSR count). The highest BCUT2D eigenvalue weighted by molar-refractivity contribution is 6.04. The lowest BCUT2D eigenvalue weighted by atomic mass is 9.97. The maximum absolute atomic E-state index is 11.4. The SMILES string of the molecule is O=C(O)C[C@H]1C(=O)Nc2ccccc21. The fourth-order valence-corrected chi connectivity index (χ4v) is 1.65. The highest BCUT2D eigenvalue weighted by Crippen LogP contribution is 2.33. The van der Waals surface area contributed by atoms with Gasteiger partial charge < -0.3 is 10.4 Å². The number of fused-ring (bicyclic) bond motifs is 1. The molecule has 0 aromatic heterocycles. The van der Waals surface area contributed by atoms with Crippen LogP contribution in [0.2, 0.25) is 0 Å². The van der Waals surface area contributed by atoms with Gasteiger partial charge in [-0.1, -0.05) is 18.2 Å². The summed E-state index contributed by atoms with van der Waals surface area (Å²) in [5.41, 5.74) is 1.50. The number of hydrogen-bond acceptors (Lipinski definition) is 2. The number of anilines is 1. The largest absolute Gasteiger partial charge is 0.481 e. The van der Waals surface area contributed by atoms with Crippen molar-refractivity contribution >= 4 is 17.6 Å². The fraction of sp³-hybridized carbons (Fsp3) is 0.200. The average Bonchev–Trinajstić information content (AvgIpc) is 2.43. The number of hydrogen-bond donors (Lipinski definition) is 2. The van der Waals surface area contributed by atoms with Crippen molar-refractivity contribution in [2.24, 2.45) is 0 Å². The zero-order chi connectivity index (χ0) is 10.1. The summed E-state index contributed by atoms with van der Waals surface area (Å²) < 4.78 is 0. The van der Waals surface area contributed by atoms with Gasteiger partial charge in [0.15, 0.2) is 0 Å². The van der Waals surface area contributed by atoms with E-state index in [1.165, 1.54) is 0 Å². The molecule has 1 aromatic carbocycles. The summed E-state index contributed by atoms with van der Waals surface area (Å²) in [6.45, 7) is 0. The van der Waals surface area contributed by atoms with Crippen LogP contribution in [-0.4, -0.2) is 17.0 Å². The number of para-hydroxylation sites is 1. The molecule has 4 nitrogen and oxygen atoms in total. The number of rotatable bonds is 2. The lowest BCUT2D eigenvalue weighted by Gasteiger charge is -2.03. The lowest BCUT2D eigenvalue weighted by Crippen LogP contribution is -2.15. The van der Waals surface area contributed by atoms with E-state index in [0.29, 0.717) is 0 Å². The van der Waals surface area contributed by atoms with E-state index >= 15 is 0 Å². The molecular formula is C10H9NO3. The van der Waals surface area contributed by atoms with Crippen LogP contribution in [0.1, 0.15) is 17.9 Å². The molecule has 1 aliphatic heterocycles. The number of amides is 1. The highest BCUT2D eigenvalue weighted by Gasteiger charge is 2.31. The van der Waals surface area contributed by atoms with Gasteiger partial charge >= 0.3 is 5.97 Å². The van der Waals surface area contributed by atoms with E-state index in [1.54, 1.807) is 18.2 Å². The van der Waals surface area contributed by atoms with Crippen LogP contribution in [-0.2, 0) is 9.59 Å². The van der Waals surface area contributed by atoms with Crippen molar-refractivity contribution in [3.63, 3.8) is 0 Å². The Morgan fingerprint density at radius 1 is 1.43 bits per heavy atom. The van der Waals surface area contributed by atoms with E-state index in [4.69, 9.17) is 5.11 Å². The topological polar surface area (TPSA) is 66.4 Å². The molecule has 0 fully saturated rings. The van der Waals surface area contributed by atoms with E-state index in [-0.39, 0.29) is 12.3 Å². The Bertz CT molecular complexity index is 400. The second kappa shape index (κ2) is 3.14. The molecule has 0 aliphatic carbocycles. The molecule has 0 bridgehead atoms. The van der Waals surface area contributed by atoms with E-state index in [9.17, 15) is 9.59 Å². The zero-order valence-electron chi connectivity index (χ0n) is 7.36. The molecule has 0 unspecified atom stereocenters. The first-order valence-electron chi connectivity index (χ1n) is 4.30. The minimum absolute atomic E-state index is 0.150. The molecule has 0 saturated carbocycles. The Labute approximate surface area is 80.6 Å². The number of nitrogens with one attached hydrogen (secondary N) is 1. The Balaban J connectivity index is 2.34. The molecule has 2 N–H and O–H groups in total. The van der Waals surface area contributed by atoms with Gasteiger partial charge in [-0.15, -0.1) is 0 Å². The predicted molar refractivity (Wildman–Crippen MR) is 50.1 cm³/mol. The zero-order valence-corrected chi connectivity index (χ0v) is 7.36. The minimum Gasteiger partial charge on any atom is -0.481 e. The summed E-state index contributed by atoms with van der Waals surface area (Å²) >= 11 is 0. The van der Waals surface area contributed by atoms with Crippen molar-refractivity contribution in [3.05, 3.63) is 29.8 Å². The minimum atomic E-state index is -0.957. The van der Waals surface area contributed by atoms with E-state index in [0.717, 1.165) is 11.3 Å². The van der Waals surface area contributed by atoms with Crippen LogP contribution in [0.5, 0.6) is 0 Å². The summed E-state index contributed by atoms with van der Waals surface area (Å²) in [5.74, 6) is -1.72. The summed E-state index contributed by atoms with van der Waals surface area (Å²) in [7, 11) is 0. The summed E-state index contributed by atoms with van der Waals surface area (Å²) in [6.07, 6.45) is -0.150. The third-order valence-corrected chi connectivity index (χ3v) is 2.29. The predicted octanol–water partition coefficient (Wildman–Crippen LogP) is 1.20. The lowest BCUT2D eigenvalue weighted by molar-refractivity contribution is -0.138. The Kier molecular flexibility index (Phi) is 1.96. The Morgan fingerprint density at radius 3 is 2.86 bits per heavy atom. The second-order valence-electron chi connectivity index (χ2n) is 3.23. The van der Waals surface area contributed by atoms with E-state index in [1.807, 2.05) is 6.07 Å². The normalized spacial score (nSPS) is 18.9. The highest BCUT2D eigenvalue weighted by atomic mass is 16.4. The summed E-state index contributed by atoms with van der Waals surface area (Å²) in [5, 5.41) is 11.3. The first-order chi connectivity index (χ1) is 6.68. The van der Waals surface area contributed by atoms with Crippen molar-refractivity contribution in [3.8, 4) is 0 Å². The summed E-state index contributed by atoms with van der Waals surface area (Å²) in [6, 6.07) is 7.16. The van der Waals surface area contributed by atoms with Gasteiger partial charge in [0.25, 0.3) is 0 Å². The molecule has 0 spiro atoms. The molecule has 4 heteroatoms. The van der Waals surface area contributed by atoms with Gasteiger partial charge in [-0.25, -0.2) is 0 Å². The van der Waals surface area contributed by atoms with Crippen LogP contribution in [0.3, 0.4) is 0 Å². The smallest absolute Gasteiger partial charge is 0.304 e. The molecule has 0 saturated heterocycles. The van der Waals surface area contributed by atoms with Gasteiger partial charge in [-0.05, 0) is 11.6 Å².